The fourth-order valence-corrected chi connectivity index (χ4v) is 1.85. The van der Waals surface area contributed by atoms with Crippen LogP contribution in [0.1, 0.15) is 5.56 Å². The molecule has 0 amide bonds. The number of halogens is 3. The van der Waals surface area contributed by atoms with E-state index in [1.165, 1.54) is 0 Å². The van der Waals surface area contributed by atoms with Crippen molar-refractivity contribution in [1.29, 1.82) is 0 Å². The van der Waals surface area contributed by atoms with Gasteiger partial charge in [0.1, 0.15) is 0 Å². The third-order valence-corrected chi connectivity index (χ3v) is 2.51. The van der Waals surface area contributed by atoms with Crippen molar-refractivity contribution < 1.29 is 0 Å². The highest BCUT2D eigenvalue weighted by Gasteiger charge is 2.02. The Hall–Kier alpha value is 0.280. The maximum atomic E-state index is 5.90. The molecule has 0 atom stereocenters. The van der Waals surface area contributed by atoms with E-state index in [1.54, 1.807) is 0 Å². The molecule has 11 heavy (non-hydrogen) atoms. The smallest absolute Gasteiger partial charge is 0.0453 e. The van der Waals surface area contributed by atoms with Gasteiger partial charge in [-0.2, -0.15) is 0 Å². The van der Waals surface area contributed by atoms with E-state index < -0.39 is 0 Å². The molecule has 0 aliphatic heterocycles. The Labute approximate surface area is 84.6 Å². The second-order valence-electron chi connectivity index (χ2n) is 2.14. The van der Waals surface area contributed by atoms with E-state index in [1.807, 2.05) is 18.2 Å². The van der Waals surface area contributed by atoms with Gasteiger partial charge in [-0.3, -0.25) is 0 Å². The molecular weight excluding hydrogens is 247 g/mol. The normalized spacial score (nSPS) is 10.1. The highest BCUT2D eigenvalue weighted by molar-refractivity contribution is 9.09. The van der Waals surface area contributed by atoms with Gasteiger partial charge >= 0.3 is 0 Å². The van der Waals surface area contributed by atoms with Crippen molar-refractivity contribution in [3.63, 3.8) is 0 Å². The molecule has 0 fully saturated rings. The standard InChI is InChI=1S/C8H7BrCl2/c9-5-4-6-7(10)2-1-3-8(6)11/h1-3H,4-5H2. The number of hydrogen-bond donors (Lipinski definition) is 0. The molecule has 0 aliphatic carbocycles. The maximum absolute atomic E-state index is 5.90. The van der Waals surface area contributed by atoms with Crippen LogP contribution in [0.2, 0.25) is 10.0 Å². The molecule has 0 aromatic heterocycles. The first-order chi connectivity index (χ1) is 5.25. The lowest BCUT2D eigenvalue weighted by Gasteiger charge is -2.02. The summed E-state index contributed by atoms with van der Waals surface area (Å²) in [5, 5.41) is 2.38. The fourth-order valence-electron chi connectivity index (χ4n) is 0.866. The summed E-state index contributed by atoms with van der Waals surface area (Å²) in [5.74, 6) is 0. The predicted octanol–water partition coefficient (Wildman–Crippen LogP) is 3.93. The molecule has 3 heteroatoms. The van der Waals surface area contributed by atoms with Gasteiger partial charge in [0.2, 0.25) is 0 Å². The van der Waals surface area contributed by atoms with Crippen LogP contribution >= 0.6 is 39.1 Å². The minimum Gasteiger partial charge on any atom is -0.0924 e. The zero-order valence-corrected chi connectivity index (χ0v) is 8.88. The SMILES string of the molecule is Clc1cccc(Cl)c1CCBr. The Morgan fingerprint density at radius 1 is 1.18 bits per heavy atom. The topological polar surface area (TPSA) is 0 Å². The maximum Gasteiger partial charge on any atom is 0.0453 e. The van der Waals surface area contributed by atoms with Crippen molar-refractivity contribution in [2.75, 3.05) is 5.33 Å². The molecule has 0 nitrogen and oxygen atoms in total. The minimum absolute atomic E-state index is 0.747. The number of rotatable bonds is 2. The summed E-state index contributed by atoms with van der Waals surface area (Å²) < 4.78 is 0. The van der Waals surface area contributed by atoms with Gasteiger partial charge < -0.3 is 0 Å². The van der Waals surface area contributed by atoms with E-state index in [4.69, 9.17) is 23.2 Å². The lowest BCUT2D eigenvalue weighted by molar-refractivity contribution is 1.17. The fraction of sp³-hybridized carbons (Fsp3) is 0.250. The van der Waals surface area contributed by atoms with Crippen LogP contribution in [-0.2, 0) is 6.42 Å². The monoisotopic (exact) mass is 252 g/mol. The molecule has 0 heterocycles. The van der Waals surface area contributed by atoms with Gasteiger partial charge in [-0.1, -0.05) is 45.2 Å². The molecule has 0 bridgehead atoms. The quantitative estimate of drug-likeness (QED) is 0.701. The third-order valence-electron chi connectivity index (χ3n) is 1.41. The van der Waals surface area contributed by atoms with Crippen LogP contribution in [0, 0.1) is 0 Å². The van der Waals surface area contributed by atoms with Gasteiger partial charge in [0, 0.05) is 15.4 Å². The second kappa shape index (κ2) is 4.34. The Balaban J connectivity index is 3.00. The first-order valence-electron chi connectivity index (χ1n) is 3.24. The average Bonchev–Trinajstić information content (AvgIpc) is 1.97. The van der Waals surface area contributed by atoms with Gasteiger partial charge in [0.15, 0.2) is 0 Å². The van der Waals surface area contributed by atoms with Gasteiger partial charge in [0.05, 0.1) is 0 Å². The highest BCUT2D eigenvalue weighted by atomic mass is 79.9. The van der Waals surface area contributed by atoms with E-state index in [2.05, 4.69) is 15.9 Å². The van der Waals surface area contributed by atoms with Gasteiger partial charge in [0.25, 0.3) is 0 Å². The molecule has 0 saturated carbocycles. The second-order valence-corrected chi connectivity index (χ2v) is 3.75. The number of benzene rings is 1. The molecule has 0 N–H and O–H groups in total. The Morgan fingerprint density at radius 3 is 2.18 bits per heavy atom. The number of hydrogen-bond acceptors (Lipinski definition) is 0. The van der Waals surface area contributed by atoms with Crippen LogP contribution in [0.4, 0.5) is 0 Å². The zero-order valence-electron chi connectivity index (χ0n) is 5.78. The summed E-state index contributed by atoms with van der Waals surface area (Å²) in [6, 6.07) is 5.55. The van der Waals surface area contributed by atoms with Crippen molar-refractivity contribution in [2.24, 2.45) is 0 Å². The van der Waals surface area contributed by atoms with Crippen LogP contribution in [-0.4, -0.2) is 5.33 Å². The van der Waals surface area contributed by atoms with E-state index in [0.29, 0.717) is 0 Å². The Bertz CT molecular complexity index is 228. The van der Waals surface area contributed by atoms with Crippen LogP contribution in [0.25, 0.3) is 0 Å². The molecule has 0 unspecified atom stereocenters. The highest BCUT2D eigenvalue weighted by Crippen LogP contribution is 2.24. The summed E-state index contributed by atoms with van der Waals surface area (Å²) >= 11 is 15.1. The van der Waals surface area contributed by atoms with E-state index in [-0.39, 0.29) is 0 Å². The molecule has 0 saturated heterocycles. The van der Waals surface area contributed by atoms with Crippen LogP contribution in [0.5, 0.6) is 0 Å². The first-order valence-corrected chi connectivity index (χ1v) is 5.12. The average molecular weight is 254 g/mol. The zero-order chi connectivity index (χ0) is 8.27. The lowest BCUT2D eigenvalue weighted by atomic mass is 10.2. The predicted molar refractivity (Wildman–Crippen MR) is 54.0 cm³/mol. The van der Waals surface area contributed by atoms with Crippen LogP contribution < -0.4 is 0 Å². The lowest BCUT2D eigenvalue weighted by Crippen LogP contribution is -1.88. The van der Waals surface area contributed by atoms with Gasteiger partial charge in [-0.15, -0.1) is 0 Å². The summed E-state index contributed by atoms with van der Waals surface area (Å²) in [6.45, 7) is 0. The van der Waals surface area contributed by atoms with Crippen LogP contribution in [0.3, 0.4) is 0 Å². The molecule has 0 radical (unpaired) electrons. The largest absolute Gasteiger partial charge is 0.0924 e. The molecule has 1 rings (SSSR count). The van der Waals surface area contributed by atoms with E-state index in [0.717, 1.165) is 27.4 Å². The minimum atomic E-state index is 0.747. The molecule has 1 aromatic carbocycles. The Kier molecular flexibility index (Phi) is 3.70. The first kappa shape index (κ1) is 9.37. The van der Waals surface area contributed by atoms with E-state index >= 15 is 0 Å². The Morgan fingerprint density at radius 2 is 1.73 bits per heavy atom. The number of alkyl halides is 1. The summed E-state index contributed by atoms with van der Waals surface area (Å²) in [5.41, 5.74) is 1.02. The molecule has 0 aliphatic rings. The summed E-state index contributed by atoms with van der Waals surface area (Å²) in [7, 11) is 0. The van der Waals surface area contributed by atoms with Crippen LogP contribution in [0.15, 0.2) is 18.2 Å². The van der Waals surface area contributed by atoms with Crippen molar-refractivity contribution in [2.45, 2.75) is 6.42 Å². The van der Waals surface area contributed by atoms with E-state index in [9.17, 15) is 0 Å². The van der Waals surface area contributed by atoms with Crippen molar-refractivity contribution >= 4 is 39.1 Å². The summed E-state index contributed by atoms with van der Waals surface area (Å²) in [4.78, 5) is 0. The third kappa shape index (κ3) is 2.36. The molecule has 60 valence electrons. The molecular formula is C8H7BrCl2. The molecule has 0 spiro atoms. The van der Waals surface area contributed by atoms with Crippen molar-refractivity contribution in [3.8, 4) is 0 Å². The van der Waals surface area contributed by atoms with Crippen molar-refractivity contribution in [3.05, 3.63) is 33.8 Å². The van der Waals surface area contributed by atoms with Gasteiger partial charge in [-0.05, 0) is 24.1 Å². The molecule has 1 aromatic rings. The summed E-state index contributed by atoms with van der Waals surface area (Å²) in [6.07, 6.45) is 0.874. The van der Waals surface area contributed by atoms with Crippen molar-refractivity contribution in [1.82, 2.24) is 0 Å². The van der Waals surface area contributed by atoms with Gasteiger partial charge in [-0.25, -0.2) is 0 Å².